The lowest BCUT2D eigenvalue weighted by Crippen LogP contribution is -2.43. The Morgan fingerprint density at radius 2 is 2.19 bits per heavy atom. The molecule has 0 radical (unpaired) electrons. The third-order valence-corrected chi connectivity index (χ3v) is 2.79. The molecule has 7 heteroatoms. The zero-order chi connectivity index (χ0) is 12.9. The summed E-state index contributed by atoms with van der Waals surface area (Å²) in [6, 6.07) is -0.452. The standard InChI is InChI=1S/C9H16FNO4S/c1-6(10)8(12)15-5-9(3,4)7(2)11-16(13)14/h7,11H,1,5H2,2-4H3,(H,13,14)/p-1. The van der Waals surface area contributed by atoms with Crippen molar-refractivity contribution in [2.45, 2.75) is 26.8 Å². The van der Waals surface area contributed by atoms with Gasteiger partial charge in [-0.3, -0.25) is 4.21 Å². The molecule has 0 aromatic heterocycles. The molecule has 2 unspecified atom stereocenters. The normalized spacial score (nSPS) is 15.3. The van der Waals surface area contributed by atoms with Crippen LogP contribution in [0.3, 0.4) is 0 Å². The molecule has 0 saturated heterocycles. The number of halogens is 1. The number of hydrogen-bond acceptors (Lipinski definition) is 4. The van der Waals surface area contributed by atoms with Crippen molar-refractivity contribution in [3.8, 4) is 0 Å². The SMILES string of the molecule is C=C(F)C(=O)OCC(C)(C)C(C)NS(=O)[O-]. The van der Waals surface area contributed by atoms with Crippen molar-refractivity contribution < 1.29 is 22.7 Å². The Balaban J connectivity index is 4.28. The van der Waals surface area contributed by atoms with E-state index in [-0.39, 0.29) is 6.61 Å². The molecular formula is C9H15FNO4S-. The zero-order valence-electron chi connectivity index (χ0n) is 9.41. The van der Waals surface area contributed by atoms with Crippen LogP contribution in [-0.4, -0.2) is 27.4 Å². The highest BCUT2D eigenvalue weighted by Crippen LogP contribution is 2.21. The molecule has 0 heterocycles. The summed E-state index contributed by atoms with van der Waals surface area (Å²) >= 11 is -2.40. The minimum Gasteiger partial charge on any atom is -0.760 e. The fourth-order valence-corrected chi connectivity index (χ4v) is 1.37. The van der Waals surface area contributed by atoms with Crippen LogP contribution >= 0.6 is 0 Å². The van der Waals surface area contributed by atoms with E-state index in [0.717, 1.165) is 0 Å². The topological polar surface area (TPSA) is 78.5 Å². The van der Waals surface area contributed by atoms with Crippen LogP contribution in [0.5, 0.6) is 0 Å². The number of carbonyl (C=O) groups is 1. The average molecular weight is 252 g/mol. The van der Waals surface area contributed by atoms with Crippen molar-refractivity contribution in [3.05, 3.63) is 12.4 Å². The van der Waals surface area contributed by atoms with Gasteiger partial charge in [-0.1, -0.05) is 20.4 Å². The second-order valence-corrected chi connectivity index (χ2v) is 4.75. The van der Waals surface area contributed by atoms with Crippen LogP contribution in [0, 0.1) is 5.41 Å². The smallest absolute Gasteiger partial charge is 0.366 e. The Labute approximate surface area is 96.5 Å². The van der Waals surface area contributed by atoms with Gasteiger partial charge in [0.2, 0.25) is 5.83 Å². The molecule has 5 nitrogen and oxygen atoms in total. The molecule has 0 rings (SSSR count). The van der Waals surface area contributed by atoms with Crippen LogP contribution in [-0.2, 0) is 20.8 Å². The lowest BCUT2D eigenvalue weighted by atomic mass is 9.87. The zero-order valence-corrected chi connectivity index (χ0v) is 10.2. The molecule has 94 valence electrons. The molecule has 0 aromatic carbocycles. The van der Waals surface area contributed by atoms with E-state index in [1.165, 1.54) is 0 Å². The Morgan fingerprint density at radius 1 is 1.69 bits per heavy atom. The average Bonchev–Trinajstić information content (AvgIpc) is 2.12. The van der Waals surface area contributed by atoms with Crippen molar-refractivity contribution >= 4 is 17.2 Å². The van der Waals surface area contributed by atoms with Crippen LogP contribution in [0.4, 0.5) is 4.39 Å². The number of rotatable bonds is 6. The summed E-state index contributed by atoms with van der Waals surface area (Å²) in [4.78, 5) is 10.8. The van der Waals surface area contributed by atoms with Gasteiger partial charge in [0.05, 0.1) is 6.61 Å². The second kappa shape index (κ2) is 6.07. The molecule has 0 aliphatic heterocycles. The highest BCUT2D eigenvalue weighted by molar-refractivity contribution is 7.77. The van der Waals surface area contributed by atoms with E-state index < -0.39 is 34.5 Å². The molecule has 1 N–H and O–H groups in total. The predicted octanol–water partition coefficient (Wildman–Crippen LogP) is 0.811. The Morgan fingerprint density at radius 3 is 2.56 bits per heavy atom. The van der Waals surface area contributed by atoms with Gasteiger partial charge >= 0.3 is 5.97 Å². The van der Waals surface area contributed by atoms with Crippen molar-refractivity contribution in [2.75, 3.05) is 6.61 Å². The van der Waals surface area contributed by atoms with Crippen molar-refractivity contribution in [2.24, 2.45) is 5.41 Å². The highest BCUT2D eigenvalue weighted by atomic mass is 32.2. The Kier molecular flexibility index (Phi) is 5.77. The largest absolute Gasteiger partial charge is 0.760 e. The number of ether oxygens (including phenoxy) is 1. The van der Waals surface area contributed by atoms with Crippen molar-refractivity contribution in [1.29, 1.82) is 0 Å². The van der Waals surface area contributed by atoms with Crippen LogP contribution in [0.15, 0.2) is 12.4 Å². The third kappa shape index (κ3) is 5.34. The van der Waals surface area contributed by atoms with Gasteiger partial charge in [-0.2, -0.15) is 4.39 Å². The number of carbonyl (C=O) groups excluding carboxylic acids is 1. The molecule has 0 aromatic rings. The van der Waals surface area contributed by atoms with E-state index in [1.807, 2.05) is 0 Å². The molecule has 0 bridgehead atoms. The monoisotopic (exact) mass is 252 g/mol. The van der Waals surface area contributed by atoms with E-state index in [9.17, 15) is 17.9 Å². The van der Waals surface area contributed by atoms with E-state index in [2.05, 4.69) is 16.0 Å². The quantitative estimate of drug-likeness (QED) is 0.431. The predicted molar refractivity (Wildman–Crippen MR) is 56.5 cm³/mol. The van der Waals surface area contributed by atoms with Gasteiger partial charge in [-0.05, 0) is 6.92 Å². The summed E-state index contributed by atoms with van der Waals surface area (Å²) in [6.45, 7) is 7.67. The summed E-state index contributed by atoms with van der Waals surface area (Å²) < 4.78 is 40.0. The van der Waals surface area contributed by atoms with Gasteiger partial charge in [0.15, 0.2) is 0 Å². The second-order valence-electron chi connectivity index (χ2n) is 4.04. The minimum atomic E-state index is -2.40. The summed E-state index contributed by atoms with van der Waals surface area (Å²) in [7, 11) is 0. The van der Waals surface area contributed by atoms with E-state index in [4.69, 9.17) is 0 Å². The molecule has 0 aliphatic rings. The van der Waals surface area contributed by atoms with Gasteiger partial charge in [-0.25, -0.2) is 9.52 Å². The van der Waals surface area contributed by atoms with Crippen molar-refractivity contribution in [3.63, 3.8) is 0 Å². The fourth-order valence-electron chi connectivity index (χ4n) is 0.759. The minimum absolute atomic E-state index is 0.111. The molecule has 0 aliphatic carbocycles. The summed E-state index contributed by atoms with van der Waals surface area (Å²) in [5.41, 5.74) is -0.648. The first kappa shape index (κ1) is 15.2. The van der Waals surface area contributed by atoms with Gasteiger partial charge < -0.3 is 9.29 Å². The van der Waals surface area contributed by atoms with E-state index in [1.54, 1.807) is 20.8 Å². The maximum absolute atomic E-state index is 12.3. The van der Waals surface area contributed by atoms with Gasteiger partial charge in [-0.15, -0.1) is 0 Å². The summed E-state index contributed by atoms with van der Waals surface area (Å²) in [6.07, 6.45) is 0. The van der Waals surface area contributed by atoms with E-state index >= 15 is 0 Å². The lowest BCUT2D eigenvalue weighted by molar-refractivity contribution is -0.144. The van der Waals surface area contributed by atoms with Crippen molar-refractivity contribution in [1.82, 2.24) is 4.72 Å². The molecule has 0 amide bonds. The maximum Gasteiger partial charge on any atom is 0.366 e. The highest BCUT2D eigenvalue weighted by Gasteiger charge is 2.28. The van der Waals surface area contributed by atoms with E-state index in [0.29, 0.717) is 0 Å². The number of nitrogens with one attached hydrogen (secondary N) is 1. The number of hydrogen-bond donors (Lipinski definition) is 1. The first-order chi connectivity index (χ1) is 7.16. The molecule has 16 heavy (non-hydrogen) atoms. The third-order valence-electron chi connectivity index (χ3n) is 2.24. The number of esters is 1. The van der Waals surface area contributed by atoms with Crippen LogP contribution in [0.2, 0.25) is 0 Å². The molecule has 0 fully saturated rings. The van der Waals surface area contributed by atoms with Crippen LogP contribution in [0.25, 0.3) is 0 Å². The lowest BCUT2D eigenvalue weighted by Gasteiger charge is -2.32. The summed E-state index contributed by atoms with van der Waals surface area (Å²) in [5.74, 6) is -2.31. The molecule has 2 atom stereocenters. The van der Waals surface area contributed by atoms with Gasteiger partial charge in [0.25, 0.3) is 0 Å². The maximum atomic E-state index is 12.3. The molecular weight excluding hydrogens is 237 g/mol. The fraction of sp³-hybridized carbons (Fsp3) is 0.667. The molecule has 0 saturated carbocycles. The Bertz CT molecular complexity index is 306. The molecule has 0 spiro atoms. The first-order valence-corrected chi connectivity index (χ1v) is 5.61. The van der Waals surface area contributed by atoms with Gasteiger partial charge in [0, 0.05) is 22.7 Å². The van der Waals surface area contributed by atoms with Gasteiger partial charge in [0.1, 0.15) is 0 Å². The Hall–Kier alpha value is -0.790. The summed E-state index contributed by atoms with van der Waals surface area (Å²) in [5, 5.41) is 0. The van der Waals surface area contributed by atoms with Crippen LogP contribution in [0.1, 0.15) is 20.8 Å². The first-order valence-electron chi connectivity index (χ1n) is 4.54. The van der Waals surface area contributed by atoms with Crippen LogP contribution < -0.4 is 4.72 Å².